The van der Waals surface area contributed by atoms with Gasteiger partial charge in [0.25, 0.3) is 0 Å². The summed E-state index contributed by atoms with van der Waals surface area (Å²) in [5, 5.41) is -5.44. The Morgan fingerprint density at radius 2 is 0.857 bits per heavy atom. The number of hydrogen-bond acceptors (Lipinski definition) is 5. The molecule has 0 bridgehead atoms. The van der Waals surface area contributed by atoms with Crippen molar-refractivity contribution >= 4 is 5.97 Å². The first kappa shape index (κ1) is 28.2. The minimum Gasteiger partial charge on any atom is -0.348 e. The molecule has 0 fully saturated rings. The van der Waals surface area contributed by atoms with Gasteiger partial charge in [0.05, 0.1) is 5.06 Å². The van der Waals surface area contributed by atoms with Gasteiger partial charge in [-0.3, -0.25) is 4.84 Å². The van der Waals surface area contributed by atoms with Gasteiger partial charge < -0.3 is 4.84 Å². The maximum atomic E-state index is 13.2. The Morgan fingerprint density at radius 3 is 1.14 bits per heavy atom. The number of halogens is 12. The van der Waals surface area contributed by atoms with Crippen molar-refractivity contribution in [2.75, 3.05) is 0 Å². The molecule has 0 spiro atoms. The highest BCUT2D eigenvalue weighted by molar-refractivity contribution is 5.85. The van der Waals surface area contributed by atoms with E-state index in [4.69, 9.17) is 0 Å². The third-order valence-electron chi connectivity index (χ3n) is 3.97. The van der Waals surface area contributed by atoms with Crippen LogP contribution in [0, 0.1) is 0 Å². The van der Waals surface area contributed by atoms with Crippen LogP contribution in [0.1, 0.15) is 11.1 Å². The Hall–Kier alpha value is -3.05. The molecular weight excluding hydrogens is 520 g/mol. The first-order valence-electron chi connectivity index (χ1n) is 8.71. The van der Waals surface area contributed by atoms with E-state index in [2.05, 4.69) is 9.68 Å². The number of alkyl halides is 12. The van der Waals surface area contributed by atoms with Crippen molar-refractivity contribution in [1.29, 1.82) is 0 Å². The molecule has 0 N–H and O–H groups in total. The first-order chi connectivity index (χ1) is 15.8. The van der Waals surface area contributed by atoms with Crippen LogP contribution in [0.5, 0.6) is 0 Å². The summed E-state index contributed by atoms with van der Waals surface area (Å²) < 4.78 is 157. The zero-order valence-corrected chi connectivity index (χ0v) is 16.4. The van der Waals surface area contributed by atoms with Gasteiger partial charge >= 0.3 is 31.2 Å². The molecule has 17 heteroatoms. The standard InChI is InChI=1S/C18H10F12N2O3/c19-15(20,21)31(16(22,23)24)34-13(33)14(11-7-3-1-4-8-11,12-9-5-2-6-10-12)35-32(17(25,26)27)18(28,29)30/h1-10H. The lowest BCUT2D eigenvalue weighted by Gasteiger charge is -2.38. The normalized spacial score (nSPS) is 13.9. The van der Waals surface area contributed by atoms with Crippen molar-refractivity contribution in [3.05, 3.63) is 71.8 Å². The summed E-state index contributed by atoms with van der Waals surface area (Å²) >= 11 is 0. The highest BCUT2D eigenvalue weighted by atomic mass is 19.4. The van der Waals surface area contributed by atoms with E-state index >= 15 is 0 Å². The van der Waals surface area contributed by atoms with E-state index in [0.717, 1.165) is 36.4 Å². The van der Waals surface area contributed by atoms with Gasteiger partial charge in [0.1, 0.15) is 0 Å². The molecule has 194 valence electrons. The van der Waals surface area contributed by atoms with Gasteiger partial charge in [-0.15, -0.1) is 0 Å². The number of carbonyl (C=O) groups is 1. The van der Waals surface area contributed by atoms with Crippen LogP contribution < -0.4 is 0 Å². The van der Waals surface area contributed by atoms with Crippen LogP contribution in [-0.4, -0.2) is 41.3 Å². The lowest BCUT2D eigenvalue weighted by atomic mass is 9.86. The van der Waals surface area contributed by atoms with Gasteiger partial charge in [0.2, 0.25) is 5.60 Å². The number of hydroxylamine groups is 4. The first-order valence-corrected chi connectivity index (χ1v) is 8.71. The van der Waals surface area contributed by atoms with Crippen LogP contribution in [0.15, 0.2) is 60.7 Å². The van der Waals surface area contributed by atoms with Gasteiger partial charge in [0.15, 0.2) is 0 Å². The Labute approximate surface area is 186 Å². The second-order valence-electron chi connectivity index (χ2n) is 6.34. The summed E-state index contributed by atoms with van der Waals surface area (Å²) in [6, 6.07) is 8.45. The van der Waals surface area contributed by atoms with Gasteiger partial charge in [-0.2, -0.15) is 52.7 Å². The van der Waals surface area contributed by atoms with E-state index in [1.165, 1.54) is 0 Å². The molecule has 0 amide bonds. The molecule has 0 heterocycles. The largest absolute Gasteiger partial charge is 0.500 e. The summed E-state index contributed by atoms with van der Waals surface area (Å²) in [5.41, 5.74) is -6.03. The zero-order valence-electron chi connectivity index (χ0n) is 16.4. The van der Waals surface area contributed by atoms with E-state index < -0.39 is 58.0 Å². The molecule has 2 aromatic rings. The lowest BCUT2D eigenvalue weighted by Crippen LogP contribution is -2.58. The van der Waals surface area contributed by atoms with E-state index in [1.807, 2.05) is 0 Å². The van der Waals surface area contributed by atoms with Gasteiger partial charge in [-0.1, -0.05) is 60.7 Å². The van der Waals surface area contributed by atoms with Crippen LogP contribution in [0.3, 0.4) is 0 Å². The van der Waals surface area contributed by atoms with E-state index in [-0.39, 0.29) is 0 Å². The van der Waals surface area contributed by atoms with Crippen LogP contribution in [0.25, 0.3) is 0 Å². The Bertz CT molecular complexity index is 921. The quantitative estimate of drug-likeness (QED) is 0.260. The van der Waals surface area contributed by atoms with Gasteiger partial charge in [-0.05, 0) is 0 Å². The molecule has 0 unspecified atom stereocenters. The molecule has 0 saturated carbocycles. The molecule has 0 aromatic heterocycles. The zero-order chi connectivity index (χ0) is 26.9. The number of rotatable bonds is 6. The fraction of sp³-hybridized carbons (Fsp3) is 0.278. The molecule has 0 aliphatic rings. The van der Waals surface area contributed by atoms with Crippen LogP contribution in [-0.2, 0) is 20.1 Å². The second kappa shape index (κ2) is 9.54. The highest BCUT2D eigenvalue weighted by Crippen LogP contribution is 2.44. The van der Waals surface area contributed by atoms with Gasteiger partial charge in [0, 0.05) is 16.2 Å². The second-order valence-corrected chi connectivity index (χ2v) is 6.34. The SMILES string of the molecule is O=C(ON(C(F)(F)F)C(F)(F)F)C(ON(C(F)(F)F)C(F)(F)F)(c1ccccc1)c1ccccc1. The Kier molecular flexibility index (Phi) is 7.68. The third kappa shape index (κ3) is 6.34. The summed E-state index contributed by atoms with van der Waals surface area (Å²) in [6.07, 6.45) is -25.9. The van der Waals surface area contributed by atoms with Crippen molar-refractivity contribution in [3.63, 3.8) is 0 Å². The minimum absolute atomic E-state index is 0.630. The summed E-state index contributed by atoms with van der Waals surface area (Å²) in [4.78, 5) is 20.1. The number of carbonyl (C=O) groups excluding carboxylic acids is 1. The van der Waals surface area contributed by atoms with E-state index in [9.17, 15) is 57.5 Å². The predicted octanol–water partition coefficient (Wildman–Crippen LogP) is 6.00. The smallest absolute Gasteiger partial charge is 0.348 e. The third-order valence-corrected chi connectivity index (χ3v) is 3.97. The predicted molar refractivity (Wildman–Crippen MR) is 88.7 cm³/mol. The van der Waals surface area contributed by atoms with E-state index in [0.29, 0.717) is 24.3 Å². The molecule has 0 atom stereocenters. The van der Waals surface area contributed by atoms with Crippen molar-refractivity contribution in [1.82, 2.24) is 10.1 Å². The summed E-state index contributed by atoms with van der Waals surface area (Å²) in [5.74, 6) is -2.93. The topological polar surface area (TPSA) is 42.0 Å². The maximum absolute atomic E-state index is 13.2. The van der Waals surface area contributed by atoms with Crippen LogP contribution in [0.2, 0.25) is 0 Å². The number of benzene rings is 2. The highest BCUT2D eigenvalue weighted by Gasteiger charge is 2.64. The van der Waals surface area contributed by atoms with Gasteiger partial charge in [-0.25, -0.2) is 4.79 Å². The number of nitrogens with zero attached hydrogens (tertiary/aromatic N) is 2. The van der Waals surface area contributed by atoms with Crippen LogP contribution >= 0.6 is 0 Å². The van der Waals surface area contributed by atoms with Crippen molar-refractivity contribution in [2.24, 2.45) is 0 Å². The Balaban J connectivity index is 2.86. The molecule has 35 heavy (non-hydrogen) atoms. The molecule has 2 aromatic carbocycles. The summed E-state index contributed by atoms with van der Waals surface area (Å²) in [7, 11) is 0. The molecule has 5 nitrogen and oxygen atoms in total. The average Bonchev–Trinajstić information content (AvgIpc) is 2.70. The van der Waals surface area contributed by atoms with Crippen molar-refractivity contribution in [2.45, 2.75) is 30.8 Å². The maximum Gasteiger partial charge on any atom is 0.500 e. The average molecular weight is 530 g/mol. The lowest BCUT2D eigenvalue weighted by molar-refractivity contribution is -0.504. The molecule has 0 aliphatic heterocycles. The summed E-state index contributed by atoms with van der Waals surface area (Å²) in [6.45, 7) is 0. The molecule has 0 saturated heterocycles. The molecular formula is C18H10F12N2O3. The molecule has 0 radical (unpaired) electrons. The van der Waals surface area contributed by atoms with Crippen LogP contribution in [0.4, 0.5) is 52.7 Å². The van der Waals surface area contributed by atoms with E-state index in [1.54, 1.807) is 0 Å². The fourth-order valence-corrected chi connectivity index (χ4v) is 2.67. The minimum atomic E-state index is -6.50. The Morgan fingerprint density at radius 1 is 0.543 bits per heavy atom. The molecule has 2 rings (SSSR count). The van der Waals surface area contributed by atoms with Crippen molar-refractivity contribution in [3.8, 4) is 0 Å². The fourth-order valence-electron chi connectivity index (χ4n) is 2.67. The van der Waals surface area contributed by atoms with Crippen molar-refractivity contribution < 1.29 is 67.2 Å². The monoisotopic (exact) mass is 530 g/mol. The molecule has 0 aliphatic carbocycles. The number of hydrogen-bond donors (Lipinski definition) is 0.